The topological polar surface area (TPSA) is 44.4 Å². The third-order valence-electron chi connectivity index (χ3n) is 3.54. The van der Waals surface area contributed by atoms with Gasteiger partial charge in [0.05, 0.1) is 6.54 Å². The molecule has 0 aliphatic carbocycles. The van der Waals surface area contributed by atoms with Gasteiger partial charge in [-0.3, -0.25) is 4.79 Å². The molecule has 0 radical (unpaired) electrons. The lowest BCUT2D eigenvalue weighted by atomic mass is 10.1. The Labute approximate surface area is 132 Å². The lowest BCUT2D eigenvalue weighted by molar-refractivity contribution is -0.115. The lowest BCUT2D eigenvalue weighted by Crippen LogP contribution is -2.30. The molecule has 0 saturated carbocycles. The molecular formula is C18H23N3O. The average Bonchev–Trinajstić information content (AvgIpc) is 2.54. The second-order valence-electron chi connectivity index (χ2n) is 5.50. The summed E-state index contributed by atoms with van der Waals surface area (Å²) in [5.41, 5.74) is 3.09. The van der Waals surface area contributed by atoms with Gasteiger partial charge in [-0.05, 0) is 36.8 Å². The molecule has 0 fully saturated rings. The number of amides is 1. The van der Waals surface area contributed by atoms with Crippen LogP contribution in [0.3, 0.4) is 0 Å². The number of nitrogens with zero attached hydrogens (tertiary/aromatic N) is 1. The smallest absolute Gasteiger partial charge is 0.238 e. The standard InChI is InChI=1S/C18H23N3O/c1-14(15-7-5-4-6-8-15)19-13-18(22)20-16-9-11-17(12-10-16)21(2)3/h4-12,14,19H,13H2,1-3H3,(H,20,22)/t14-/m0/s1. The highest BCUT2D eigenvalue weighted by atomic mass is 16.1. The number of anilines is 2. The van der Waals surface area contributed by atoms with Gasteiger partial charge in [-0.2, -0.15) is 0 Å². The van der Waals surface area contributed by atoms with E-state index in [4.69, 9.17) is 0 Å². The number of carbonyl (C=O) groups excluding carboxylic acids is 1. The molecule has 1 atom stereocenters. The predicted octanol–water partition coefficient (Wildman–Crippen LogP) is 3.04. The van der Waals surface area contributed by atoms with Crippen molar-refractivity contribution in [3.63, 3.8) is 0 Å². The Hall–Kier alpha value is -2.33. The van der Waals surface area contributed by atoms with Crippen molar-refractivity contribution in [3.05, 3.63) is 60.2 Å². The lowest BCUT2D eigenvalue weighted by Gasteiger charge is -2.15. The van der Waals surface area contributed by atoms with E-state index in [2.05, 4.69) is 29.7 Å². The summed E-state index contributed by atoms with van der Waals surface area (Å²) in [4.78, 5) is 14.0. The van der Waals surface area contributed by atoms with Crippen LogP contribution in [0.5, 0.6) is 0 Å². The quantitative estimate of drug-likeness (QED) is 0.861. The van der Waals surface area contributed by atoms with Gasteiger partial charge in [-0.1, -0.05) is 30.3 Å². The summed E-state index contributed by atoms with van der Waals surface area (Å²) in [6, 6.07) is 18.0. The zero-order valence-electron chi connectivity index (χ0n) is 13.3. The normalized spacial score (nSPS) is 11.8. The van der Waals surface area contributed by atoms with Crippen LogP contribution in [0.1, 0.15) is 18.5 Å². The minimum Gasteiger partial charge on any atom is -0.378 e. The van der Waals surface area contributed by atoms with Gasteiger partial charge >= 0.3 is 0 Å². The van der Waals surface area contributed by atoms with Gasteiger partial charge in [-0.15, -0.1) is 0 Å². The van der Waals surface area contributed by atoms with Crippen molar-refractivity contribution in [2.75, 3.05) is 30.9 Å². The van der Waals surface area contributed by atoms with Gasteiger partial charge in [0.1, 0.15) is 0 Å². The van der Waals surface area contributed by atoms with Crippen molar-refractivity contribution in [2.45, 2.75) is 13.0 Å². The highest BCUT2D eigenvalue weighted by Gasteiger charge is 2.07. The number of carbonyl (C=O) groups is 1. The van der Waals surface area contributed by atoms with Gasteiger partial charge in [0.2, 0.25) is 5.91 Å². The summed E-state index contributed by atoms with van der Waals surface area (Å²) in [5.74, 6) is -0.0413. The first kappa shape index (κ1) is 16.0. The molecule has 2 rings (SSSR count). The summed E-state index contributed by atoms with van der Waals surface area (Å²) in [6.45, 7) is 2.33. The van der Waals surface area contributed by atoms with E-state index in [0.717, 1.165) is 11.4 Å². The molecule has 0 aliphatic heterocycles. The Morgan fingerprint density at radius 1 is 1.05 bits per heavy atom. The van der Waals surface area contributed by atoms with Gasteiger partial charge < -0.3 is 15.5 Å². The van der Waals surface area contributed by atoms with Crippen LogP contribution < -0.4 is 15.5 Å². The van der Waals surface area contributed by atoms with Crippen LogP contribution in [0.15, 0.2) is 54.6 Å². The van der Waals surface area contributed by atoms with Gasteiger partial charge in [0, 0.05) is 31.5 Å². The highest BCUT2D eigenvalue weighted by molar-refractivity contribution is 5.92. The van der Waals surface area contributed by atoms with Crippen LogP contribution in [0.2, 0.25) is 0 Å². The monoisotopic (exact) mass is 297 g/mol. The molecule has 4 heteroatoms. The molecule has 2 N–H and O–H groups in total. The molecule has 0 unspecified atom stereocenters. The second kappa shape index (κ2) is 7.61. The SMILES string of the molecule is C[C@H](NCC(=O)Nc1ccc(N(C)C)cc1)c1ccccc1. The molecule has 0 heterocycles. The molecule has 22 heavy (non-hydrogen) atoms. The van der Waals surface area contributed by atoms with E-state index in [1.165, 1.54) is 5.56 Å². The predicted molar refractivity (Wildman–Crippen MR) is 92.3 cm³/mol. The Kier molecular flexibility index (Phi) is 5.55. The molecule has 4 nitrogen and oxygen atoms in total. The van der Waals surface area contributed by atoms with Crippen molar-refractivity contribution >= 4 is 17.3 Å². The van der Waals surface area contributed by atoms with E-state index in [-0.39, 0.29) is 18.5 Å². The number of hydrogen-bond donors (Lipinski definition) is 2. The van der Waals surface area contributed by atoms with Crippen molar-refractivity contribution in [1.29, 1.82) is 0 Å². The molecule has 1 amide bonds. The summed E-state index contributed by atoms with van der Waals surface area (Å²) in [5, 5.41) is 6.12. The summed E-state index contributed by atoms with van der Waals surface area (Å²) in [6.07, 6.45) is 0. The van der Waals surface area contributed by atoms with E-state index >= 15 is 0 Å². The fourth-order valence-corrected chi connectivity index (χ4v) is 2.15. The first-order chi connectivity index (χ1) is 10.6. The minimum atomic E-state index is -0.0413. The third kappa shape index (κ3) is 4.60. The number of nitrogens with one attached hydrogen (secondary N) is 2. The van der Waals surface area contributed by atoms with Crippen molar-refractivity contribution in [3.8, 4) is 0 Å². The van der Waals surface area contributed by atoms with Crippen molar-refractivity contribution in [2.24, 2.45) is 0 Å². The molecule has 0 aliphatic rings. The third-order valence-corrected chi connectivity index (χ3v) is 3.54. The first-order valence-corrected chi connectivity index (χ1v) is 7.42. The number of rotatable bonds is 6. The highest BCUT2D eigenvalue weighted by Crippen LogP contribution is 2.15. The van der Waals surface area contributed by atoms with Crippen LogP contribution in [0.4, 0.5) is 11.4 Å². The molecule has 116 valence electrons. The van der Waals surface area contributed by atoms with Crippen LogP contribution in [-0.2, 0) is 4.79 Å². The largest absolute Gasteiger partial charge is 0.378 e. The maximum Gasteiger partial charge on any atom is 0.238 e. The maximum absolute atomic E-state index is 12.0. The Balaban J connectivity index is 1.83. The van der Waals surface area contributed by atoms with E-state index in [0.29, 0.717) is 0 Å². The Bertz CT molecular complexity index is 593. The van der Waals surface area contributed by atoms with Crippen molar-refractivity contribution < 1.29 is 4.79 Å². The van der Waals surface area contributed by atoms with Gasteiger partial charge in [0.25, 0.3) is 0 Å². The molecule has 2 aromatic rings. The van der Waals surface area contributed by atoms with Gasteiger partial charge in [-0.25, -0.2) is 0 Å². The maximum atomic E-state index is 12.0. The van der Waals surface area contributed by atoms with E-state index in [9.17, 15) is 4.79 Å². The number of benzene rings is 2. The second-order valence-corrected chi connectivity index (χ2v) is 5.50. The Morgan fingerprint density at radius 3 is 2.27 bits per heavy atom. The summed E-state index contributed by atoms with van der Waals surface area (Å²) >= 11 is 0. The summed E-state index contributed by atoms with van der Waals surface area (Å²) in [7, 11) is 3.98. The molecule has 0 spiro atoms. The molecule has 0 bridgehead atoms. The van der Waals surface area contributed by atoms with E-state index < -0.39 is 0 Å². The van der Waals surface area contributed by atoms with Crippen LogP contribution in [0, 0.1) is 0 Å². The van der Waals surface area contributed by atoms with Crippen LogP contribution in [0.25, 0.3) is 0 Å². The average molecular weight is 297 g/mol. The minimum absolute atomic E-state index is 0.0413. The molecular weight excluding hydrogens is 274 g/mol. The van der Waals surface area contributed by atoms with Crippen LogP contribution in [-0.4, -0.2) is 26.5 Å². The van der Waals surface area contributed by atoms with E-state index in [1.807, 2.05) is 61.5 Å². The number of hydrogen-bond acceptors (Lipinski definition) is 3. The first-order valence-electron chi connectivity index (χ1n) is 7.42. The summed E-state index contributed by atoms with van der Waals surface area (Å²) < 4.78 is 0. The molecule has 0 aromatic heterocycles. The fourth-order valence-electron chi connectivity index (χ4n) is 2.15. The molecule has 2 aromatic carbocycles. The zero-order valence-corrected chi connectivity index (χ0v) is 13.3. The fraction of sp³-hybridized carbons (Fsp3) is 0.278. The van der Waals surface area contributed by atoms with Gasteiger partial charge in [0.15, 0.2) is 0 Å². The Morgan fingerprint density at radius 2 is 1.68 bits per heavy atom. The van der Waals surface area contributed by atoms with Crippen molar-refractivity contribution in [1.82, 2.24) is 5.32 Å². The van der Waals surface area contributed by atoms with E-state index in [1.54, 1.807) is 0 Å². The molecule has 0 saturated heterocycles. The van der Waals surface area contributed by atoms with Crippen LogP contribution >= 0.6 is 0 Å². The zero-order chi connectivity index (χ0) is 15.9.